The standard InChI is InChI=1S/C5H6NO7P/c7-6(8)5-2-1-4(13-5)3-12-14(9,10)11/h1-2H,3H2,(H2,9,10,11). The van der Waals surface area contributed by atoms with E-state index in [1.165, 1.54) is 6.07 Å². The Labute approximate surface area is 77.5 Å². The van der Waals surface area contributed by atoms with Crippen molar-refractivity contribution in [2.45, 2.75) is 6.61 Å². The maximum Gasteiger partial charge on any atom is 0.470 e. The lowest BCUT2D eigenvalue weighted by Gasteiger charge is -2.01. The summed E-state index contributed by atoms with van der Waals surface area (Å²) in [6.07, 6.45) is 0. The first-order chi connectivity index (χ1) is 6.38. The molecule has 0 fully saturated rings. The molecule has 0 amide bonds. The molecule has 0 aliphatic rings. The third-order valence-electron chi connectivity index (χ3n) is 1.20. The Morgan fingerprint density at radius 1 is 1.57 bits per heavy atom. The molecule has 0 radical (unpaired) electrons. The fourth-order valence-corrected chi connectivity index (χ4v) is 0.985. The number of nitro groups is 1. The molecule has 9 heteroatoms. The summed E-state index contributed by atoms with van der Waals surface area (Å²) in [5.74, 6) is -0.533. The van der Waals surface area contributed by atoms with Crippen LogP contribution in [0.2, 0.25) is 0 Å². The second kappa shape index (κ2) is 3.89. The molecule has 0 bridgehead atoms. The van der Waals surface area contributed by atoms with Crippen LogP contribution in [0.3, 0.4) is 0 Å². The number of phosphoric acid groups is 1. The summed E-state index contributed by atoms with van der Waals surface area (Å²) >= 11 is 0. The minimum absolute atomic E-state index is 0.0278. The number of phosphoric ester groups is 1. The normalized spacial score (nSPS) is 11.6. The molecule has 1 heterocycles. The van der Waals surface area contributed by atoms with Crippen molar-refractivity contribution in [1.82, 2.24) is 0 Å². The number of nitrogens with zero attached hydrogens (tertiary/aromatic N) is 1. The Hall–Kier alpha value is -1.21. The minimum Gasteiger partial charge on any atom is -0.403 e. The SMILES string of the molecule is O=[N+]([O-])c1ccc(COP(=O)(O)O)o1. The summed E-state index contributed by atoms with van der Waals surface area (Å²) in [5, 5.41) is 10.1. The van der Waals surface area contributed by atoms with Gasteiger partial charge in [-0.1, -0.05) is 0 Å². The lowest BCUT2D eigenvalue weighted by atomic mass is 10.5. The zero-order valence-electron chi connectivity index (χ0n) is 6.69. The predicted molar refractivity (Wildman–Crippen MR) is 42.2 cm³/mol. The van der Waals surface area contributed by atoms with Crippen molar-refractivity contribution in [2.75, 3.05) is 0 Å². The van der Waals surface area contributed by atoms with Gasteiger partial charge in [-0.15, -0.1) is 0 Å². The maximum atomic E-state index is 10.2. The summed E-state index contributed by atoms with van der Waals surface area (Å²) in [6.45, 7) is -0.516. The number of hydrogen-bond donors (Lipinski definition) is 2. The lowest BCUT2D eigenvalue weighted by molar-refractivity contribution is -0.402. The largest absolute Gasteiger partial charge is 0.470 e. The Morgan fingerprint density at radius 3 is 2.64 bits per heavy atom. The first-order valence-corrected chi connectivity index (χ1v) is 4.85. The van der Waals surface area contributed by atoms with E-state index >= 15 is 0 Å². The molecule has 0 spiro atoms. The van der Waals surface area contributed by atoms with E-state index in [-0.39, 0.29) is 5.76 Å². The van der Waals surface area contributed by atoms with Gasteiger partial charge in [-0.05, 0) is 6.07 Å². The van der Waals surface area contributed by atoms with E-state index in [9.17, 15) is 14.7 Å². The molecule has 0 saturated heterocycles. The Kier molecular flexibility index (Phi) is 3.02. The van der Waals surface area contributed by atoms with Crippen molar-refractivity contribution >= 4 is 13.7 Å². The summed E-state index contributed by atoms with van der Waals surface area (Å²) in [7, 11) is -4.58. The average molecular weight is 223 g/mol. The third kappa shape index (κ3) is 3.27. The van der Waals surface area contributed by atoms with Crippen molar-refractivity contribution in [3.8, 4) is 0 Å². The molecule has 8 nitrogen and oxygen atoms in total. The van der Waals surface area contributed by atoms with Gasteiger partial charge in [0.1, 0.15) is 17.3 Å². The van der Waals surface area contributed by atoms with Crippen LogP contribution in [0.5, 0.6) is 0 Å². The highest BCUT2D eigenvalue weighted by Crippen LogP contribution is 2.37. The highest BCUT2D eigenvalue weighted by molar-refractivity contribution is 7.46. The maximum absolute atomic E-state index is 10.2. The highest BCUT2D eigenvalue weighted by Gasteiger charge is 2.17. The topological polar surface area (TPSA) is 123 Å². The van der Waals surface area contributed by atoms with Gasteiger partial charge in [-0.25, -0.2) is 4.57 Å². The van der Waals surface area contributed by atoms with Gasteiger partial charge in [-0.2, -0.15) is 0 Å². The first kappa shape index (κ1) is 10.9. The summed E-state index contributed by atoms with van der Waals surface area (Å²) in [5.41, 5.74) is 0. The molecule has 1 aromatic heterocycles. The Morgan fingerprint density at radius 2 is 2.21 bits per heavy atom. The first-order valence-electron chi connectivity index (χ1n) is 3.32. The van der Waals surface area contributed by atoms with Crippen molar-refractivity contribution in [3.05, 3.63) is 28.0 Å². The molecule has 2 N–H and O–H groups in total. The summed E-state index contributed by atoms with van der Waals surface area (Å²) < 4.78 is 18.9. The van der Waals surface area contributed by atoms with Crippen LogP contribution in [0, 0.1) is 10.1 Å². The van der Waals surface area contributed by atoms with E-state index in [0.717, 1.165) is 6.07 Å². The second-order valence-corrected chi connectivity index (χ2v) is 3.50. The van der Waals surface area contributed by atoms with Gasteiger partial charge < -0.3 is 14.2 Å². The molecular formula is C5H6NO7P. The van der Waals surface area contributed by atoms with Crippen molar-refractivity contribution in [3.63, 3.8) is 0 Å². The fourth-order valence-electron chi connectivity index (χ4n) is 0.690. The zero-order chi connectivity index (χ0) is 10.8. The van der Waals surface area contributed by atoms with Gasteiger partial charge in [-0.3, -0.25) is 14.6 Å². The van der Waals surface area contributed by atoms with Gasteiger partial charge in [0.05, 0.1) is 6.07 Å². The summed E-state index contributed by atoms with van der Waals surface area (Å²) in [4.78, 5) is 26.0. The molecule has 0 atom stereocenters. The number of rotatable bonds is 4. The minimum atomic E-state index is -4.58. The van der Waals surface area contributed by atoms with Crippen LogP contribution < -0.4 is 0 Å². The second-order valence-electron chi connectivity index (χ2n) is 2.26. The van der Waals surface area contributed by atoms with Gasteiger partial charge in [0, 0.05) is 0 Å². The van der Waals surface area contributed by atoms with E-state index in [1.807, 2.05) is 0 Å². The van der Waals surface area contributed by atoms with Crippen LogP contribution in [0.25, 0.3) is 0 Å². The van der Waals surface area contributed by atoms with Crippen LogP contribution in [0.1, 0.15) is 5.76 Å². The van der Waals surface area contributed by atoms with Crippen molar-refractivity contribution in [1.29, 1.82) is 0 Å². The Balaban J connectivity index is 2.61. The van der Waals surface area contributed by atoms with Crippen LogP contribution >= 0.6 is 7.82 Å². The average Bonchev–Trinajstić information content (AvgIpc) is 2.47. The molecule has 0 aromatic carbocycles. The van der Waals surface area contributed by atoms with Crippen LogP contribution in [-0.4, -0.2) is 14.7 Å². The highest BCUT2D eigenvalue weighted by atomic mass is 31.2. The predicted octanol–water partition coefficient (Wildman–Crippen LogP) is 0.797. The zero-order valence-corrected chi connectivity index (χ0v) is 7.59. The number of furan rings is 1. The van der Waals surface area contributed by atoms with E-state index in [2.05, 4.69) is 8.94 Å². The van der Waals surface area contributed by atoms with Crippen LogP contribution in [0.15, 0.2) is 16.5 Å². The molecule has 1 aromatic rings. The van der Waals surface area contributed by atoms with Gasteiger partial charge in [0.15, 0.2) is 0 Å². The molecule has 0 aliphatic heterocycles. The quantitative estimate of drug-likeness (QED) is 0.439. The molecule has 0 unspecified atom stereocenters. The molecule has 0 saturated carbocycles. The van der Waals surface area contributed by atoms with E-state index in [0.29, 0.717) is 0 Å². The lowest BCUT2D eigenvalue weighted by Crippen LogP contribution is -1.88. The van der Waals surface area contributed by atoms with Gasteiger partial charge >= 0.3 is 13.7 Å². The van der Waals surface area contributed by atoms with Crippen LogP contribution in [-0.2, 0) is 15.7 Å². The molecular weight excluding hydrogens is 217 g/mol. The molecule has 14 heavy (non-hydrogen) atoms. The molecule has 0 aliphatic carbocycles. The van der Waals surface area contributed by atoms with Crippen molar-refractivity contribution < 1.29 is 28.2 Å². The number of hydrogen-bond acceptors (Lipinski definition) is 5. The van der Waals surface area contributed by atoms with Gasteiger partial charge in [0.2, 0.25) is 0 Å². The third-order valence-corrected chi connectivity index (χ3v) is 1.67. The molecule has 1 rings (SSSR count). The van der Waals surface area contributed by atoms with Gasteiger partial charge in [0.25, 0.3) is 0 Å². The van der Waals surface area contributed by atoms with E-state index < -0.39 is 25.2 Å². The fraction of sp³-hybridized carbons (Fsp3) is 0.200. The summed E-state index contributed by atoms with van der Waals surface area (Å²) in [6, 6.07) is 2.27. The van der Waals surface area contributed by atoms with Crippen LogP contribution in [0.4, 0.5) is 5.88 Å². The Bertz CT molecular complexity index is 379. The smallest absolute Gasteiger partial charge is 0.403 e. The van der Waals surface area contributed by atoms with E-state index in [1.54, 1.807) is 0 Å². The van der Waals surface area contributed by atoms with E-state index in [4.69, 9.17) is 9.79 Å². The monoisotopic (exact) mass is 223 g/mol. The molecule has 78 valence electrons. The van der Waals surface area contributed by atoms with Crippen molar-refractivity contribution in [2.24, 2.45) is 0 Å².